The molecule has 0 bridgehead atoms. The topological polar surface area (TPSA) is 78.9 Å². The Labute approximate surface area is 395 Å². The van der Waals surface area contributed by atoms with Crippen LogP contribution in [0.2, 0.25) is 0 Å². The predicted octanol–water partition coefficient (Wildman–Crippen LogP) is 17.6. The zero-order valence-electron chi connectivity index (χ0n) is 41.8. The normalized spacial score (nSPS) is 12.7. The van der Waals surface area contributed by atoms with Crippen LogP contribution in [0.1, 0.15) is 245 Å². The molecule has 0 radical (unpaired) electrons. The molecule has 0 spiro atoms. The van der Waals surface area contributed by atoms with Crippen molar-refractivity contribution in [2.75, 3.05) is 13.2 Å². The van der Waals surface area contributed by atoms with Crippen molar-refractivity contribution in [3.8, 4) is 0 Å². The van der Waals surface area contributed by atoms with E-state index in [2.05, 4.69) is 106 Å². The number of ether oxygens (including phenoxy) is 3. The fourth-order valence-corrected chi connectivity index (χ4v) is 7.09. The maximum absolute atomic E-state index is 12.8. The molecule has 0 unspecified atom stereocenters. The minimum absolute atomic E-state index is 0.102. The van der Waals surface area contributed by atoms with Crippen LogP contribution in [0.15, 0.2) is 85.1 Å². The van der Waals surface area contributed by atoms with Crippen molar-refractivity contribution in [2.45, 2.75) is 252 Å². The van der Waals surface area contributed by atoms with Gasteiger partial charge in [0.2, 0.25) is 0 Å². The number of hydrogen-bond donors (Lipinski definition) is 0. The van der Waals surface area contributed by atoms with E-state index in [1.807, 2.05) is 0 Å². The second-order valence-corrected chi connectivity index (χ2v) is 17.4. The van der Waals surface area contributed by atoms with Crippen LogP contribution >= 0.6 is 0 Å². The summed E-state index contributed by atoms with van der Waals surface area (Å²) in [5, 5.41) is 0. The Hall–Kier alpha value is -3.41. The first-order chi connectivity index (χ1) is 31.5. The van der Waals surface area contributed by atoms with E-state index in [4.69, 9.17) is 14.2 Å². The summed E-state index contributed by atoms with van der Waals surface area (Å²) in [7, 11) is 0. The van der Waals surface area contributed by atoms with Gasteiger partial charge >= 0.3 is 17.9 Å². The fraction of sp³-hybridized carbons (Fsp3) is 0.707. The quantitative estimate of drug-likeness (QED) is 0.0262. The van der Waals surface area contributed by atoms with Gasteiger partial charge in [-0.1, -0.05) is 215 Å². The molecule has 1 atom stereocenters. The molecule has 0 saturated heterocycles. The number of allylic oxidation sites excluding steroid dienone is 14. The first kappa shape index (κ1) is 60.6. The first-order valence-corrected chi connectivity index (χ1v) is 26.6. The molecule has 366 valence electrons. The molecule has 0 saturated carbocycles. The second kappa shape index (κ2) is 52.2. The number of rotatable bonds is 47. The molecule has 0 aromatic heterocycles. The zero-order valence-corrected chi connectivity index (χ0v) is 41.8. The molecule has 0 rings (SSSR count). The van der Waals surface area contributed by atoms with E-state index in [9.17, 15) is 14.4 Å². The average Bonchev–Trinajstić information content (AvgIpc) is 3.29. The van der Waals surface area contributed by atoms with Crippen molar-refractivity contribution in [3.63, 3.8) is 0 Å². The highest BCUT2D eigenvalue weighted by Gasteiger charge is 2.19. The van der Waals surface area contributed by atoms with Crippen molar-refractivity contribution in [3.05, 3.63) is 85.1 Å². The number of esters is 3. The van der Waals surface area contributed by atoms with Gasteiger partial charge in [-0.2, -0.15) is 0 Å². The maximum atomic E-state index is 12.8. The summed E-state index contributed by atoms with van der Waals surface area (Å²) in [6, 6.07) is 0. The van der Waals surface area contributed by atoms with Gasteiger partial charge in [-0.25, -0.2) is 0 Å². The largest absolute Gasteiger partial charge is 0.462 e. The monoisotopic (exact) mass is 891 g/mol. The molecule has 6 nitrogen and oxygen atoms in total. The van der Waals surface area contributed by atoms with E-state index >= 15 is 0 Å². The van der Waals surface area contributed by atoms with E-state index in [1.165, 1.54) is 109 Å². The molecular weight excluding hydrogens is 793 g/mol. The third-order valence-electron chi connectivity index (χ3n) is 11.1. The highest BCUT2D eigenvalue weighted by Crippen LogP contribution is 2.14. The van der Waals surface area contributed by atoms with Crippen LogP contribution in [-0.2, 0) is 28.6 Å². The Morgan fingerprint density at radius 3 is 0.969 bits per heavy atom. The molecule has 0 aliphatic carbocycles. The number of unbranched alkanes of at least 4 members (excludes halogenated alkanes) is 22. The minimum atomic E-state index is -0.808. The van der Waals surface area contributed by atoms with E-state index in [0.29, 0.717) is 19.3 Å². The number of carbonyl (C=O) groups excluding carboxylic acids is 3. The standard InChI is InChI=1S/C58H98O6/c1-4-7-10-13-16-19-22-25-27-29-31-33-36-39-42-45-48-51-57(60)63-54-55(53-62-56(59)50-47-44-41-38-35-24-21-18-15-12-9-6-3)64-58(61)52-49-46-43-40-37-34-32-30-28-26-23-20-17-14-11-8-5-2/h16-17,19-20,25-28,31-34,39,42,55H,4-15,18,21-24,29-30,35-38,40-41,43-54H2,1-3H3/b19-16-,20-17-,27-25-,28-26-,33-31-,34-32-,42-39-/t55-/m0/s1. The van der Waals surface area contributed by atoms with Gasteiger partial charge in [-0.05, 0) is 96.3 Å². The van der Waals surface area contributed by atoms with E-state index < -0.39 is 6.10 Å². The Bertz CT molecular complexity index is 1250. The van der Waals surface area contributed by atoms with Crippen LogP contribution < -0.4 is 0 Å². The molecular formula is C58H98O6. The van der Waals surface area contributed by atoms with Gasteiger partial charge in [0, 0.05) is 19.3 Å². The molecule has 0 aromatic rings. The van der Waals surface area contributed by atoms with E-state index in [-0.39, 0.29) is 37.5 Å². The summed E-state index contributed by atoms with van der Waals surface area (Å²) in [6.45, 7) is 6.51. The zero-order chi connectivity index (χ0) is 46.5. The van der Waals surface area contributed by atoms with Gasteiger partial charge in [-0.15, -0.1) is 0 Å². The number of carbonyl (C=O) groups is 3. The molecule has 64 heavy (non-hydrogen) atoms. The highest BCUT2D eigenvalue weighted by molar-refractivity contribution is 5.71. The Balaban J connectivity index is 4.51. The second-order valence-electron chi connectivity index (χ2n) is 17.4. The third-order valence-corrected chi connectivity index (χ3v) is 11.1. The average molecular weight is 891 g/mol. The molecule has 0 amide bonds. The lowest BCUT2D eigenvalue weighted by atomic mass is 10.0. The molecule has 0 aliphatic rings. The van der Waals surface area contributed by atoms with Gasteiger partial charge < -0.3 is 14.2 Å². The first-order valence-electron chi connectivity index (χ1n) is 26.6. The molecule has 6 heteroatoms. The van der Waals surface area contributed by atoms with Gasteiger partial charge in [0.05, 0.1) is 0 Å². The van der Waals surface area contributed by atoms with Crippen LogP contribution in [0.5, 0.6) is 0 Å². The van der Waals surface area contributed by atoms with Crippen molar-refractivity contribution < 1.29 is 28.6 Å². The van der Waals surface area contributed by atoms with Gasteiger partial charge in [0.25, 0.3) is 0 Å². The van der Waals surface area contributed by atoms with Crippen LogP contribution in [-0.4, -0.2) is 37.2 Å². The van der Waals surface area contributed by atoms with Crippen LogP contribution in [0.4, 0.5) is 0 Å². The maximum Gasteiger partial charge on any atom is 0.306 e. The van der Waals surface area contributed by atoms with Crippen LogP contribution in [0.3, 0.4) is 0 Å². The summed E-state index contributed by atoms with van der Waals surface area (Å²) < 4.78 is 16.7. The highest BCUT2D eigenvalue weighted by atomic mass is 16.6. The smallest absolute Gasteiger partial charge is 0.306 e. The van der Waals surface area contributed by atoms with Gasteiger partial charge in [0.15, 0.2) is 6.10 Å². The lowest BCUT2D eigenvalue weighted by Gasteiger charge is -2.18. The molecule has 0 N–H and O–H groups in total. The van der Waals surface area contributed by atoms with Crippen molar-refractivity contribution in [2.24, 2.45) is 0 Å². The lowest BCUT2D eigenvalue weighted by Crippen LogP contribution is -2.30. The van der Waals surface area contributed by atoms with E-state index in [1.54, 1.807) is 0 Å². The lowest BCUT2D eigenvalue weighted by molar-refractivity contribution is -0.167. The number of hydrogen-bond acceptors (Lipinski definition) is 6. The molecule has 0 heterocycles. The Morgan fingerprint density at radius 1 is 0.312 bits per heavy atom. The van der Waals surface area contributed by atoms with Crippen LogP contribution in [0, 0.1) is 0 Å². The molecule has 0 aromatic carbocycles. The van der Waals surface area contributed by atoms with Crippen molar-refractivity contribution >= 4 is 17.9 Å². The molecule has 0 fully saturated rings. The summed E-state index contributed by atoms with van der Waals surface area (Å²) in [5.74, 6) is -0.981. The Morgan fingerprint density at radius 2 is 0.578 bits per heavy atom. The summed E-state index contributed by atoms with van der Waals surface area (Å²) in [4.78, 5) is 38.0. The van der Waals surface area contributed by atoms with Gasteiger partial charge in [-0.3, -0.25) is 14.4 Å². The van der Waals surface area contributed by atoms with E-state index in [0.717, 1.165) is 89.9 Å². The minimum Gasteiger partial charge on any atom is -0.462 e. The Kier molecular flexibility index (Phi) is 49.4. The summed E-state index contributed by atoms with van der Waals surface area (Å²) in [6.07, 6.45) is 67.1. The van der Waals surface area contributed by atoms with Gasteiger partial charge in [0.1, 0.15) is 13.2 Å². The SMILES string of the molecule is CCCCC/C=C\C/C=C\C/C=C\C/C=C\CCCC(=O)OC[C@H](COC(=O)CCCCCCCCCCCCCC)OC(=O)CCCCCC/C=C\C/C=C\C/C=C\CCCCC. The predicted molar refractivity (Wildman–Crippen MR) is 274 cm³/mol. The summed E-state index contributed by atoms with van der Waals surface area (Å²) in [5.41, 5.74) is 0. The van der Waals surface area contributed by atoms with Crippen molar-refractivity contribution in [1.29, 1.82) is 0 Å². The fourth-order valence-electron chi connectivity index (χ4n) is 7.09. The van der Waals surface area contributed by atoms with Crippen molar-refractivity contribution in [1.82, 2.24) is 0 Å². The van der Waals surface area contributed by atoms with Crippen LogP contribution in [0.25, 0.3) is 0 Å². The molecule has 0 aliphatic heterocycles. The third kappa shape index (κ3) is 49.6. The summed E-state index contributed by atoms with van der Waals surface area (Å²) >= 11 is 0.